The van der Waals surface area contributed by atoms with Crippen LogP contribution in [0.2, 0.25) is 0 Å². The molecular weight excluding hydrogens is 276 g/mol. The highest BCUT2D eigenvalue weighted by Gasteiger charge is 2.34. The van der Waals surface area contributed by atoms with Crippen LogP contribution in [0.1, 0.15) is 68.7 Å². The van der Waals surface area contributed by atoms with Crippen molar-refractivity contribution in [1.82, 2.24) is 10.6 Å². The summed E-state index contributed by atoms with van der Waals surface area (Å²) in [5.41, 5.74) is -0.262. The molecule has 0 aromatic carbocycles. The highest BCUT2D eigenvalue weighted by Crippen LogP contribution is 2.33. The molecule has 22 heavy (non-hydrogen) atoms. The van der Waals surface area contributed by atoms with Crippen LogP contribution in [0.3, 0.4) is 0 Å². The summed E-state index contributed by atoms with van der Waals surface area (Å²) in [5, 5.41) is 6.34. The highest BCUT2D eigenvalue weighted by atomic mass is 16.5. The Balaban J connectivity index is 0. The number of hydrogen-bond donors (Lipinski definition) is 2. The first-order valence-electron chi connectivity index (χ1n) is 8.71. The van der Waals surface area contributed by atoms with Gasteiger partial charge in [-0.15, -0.1) is 0 Å². The van der Waals surface area contributed by atoms with Crippen molar-refractivity contribution in [2.24, 2.45) is 10.8 Å². The zero-order valence-electron chi connectivity index (χ0n) is 16.4. The predicted molar refractivity (Wildman–Crippen MR) is 96.2 cm³/mol. The second-order valence-corrected chi connectivity index (χ2v) is 7.18. The SMILES string of the molecule is CC.CCNCC(C)(C)CC(C)(C)C(=O)NCCOC(C)C. The molecule has 0 spiro atoms. The summed E-state index contributed by atoms with van der Waals surface area (Å²) in [4.78, 5) is 12.3. The number of carbonyl (C=O) groups excluding carboxylic acids is 1. The van der Waals surface area contributed by atoms with E-state index >= 15 is 0 Å². The Morgan fingerprint density at radius 1 is 1.14 bits per heavy atom. The van der Waals surface area contributed by atoms with Gasteiger partial charge in [0.15, 0.2) is 0 Å². The minimum atomic E-state index is -0.364. The quantitative estimate of drug-likeness (QED) is 0.605. The lowest BCUT2D eigenvalue weighted by molar-refractivity contribution is -0.131. The van der Waals surface area contributed by atoms with Crippen LogP contribution in [0.5, 0.6) is 0 Å². The summed E-state index contributed by atoms with van der Waals surface area (Å²) in [5.74, 6) is 0.106. The number of hydrogen-bond acceptors (Lipinski definition) is 3. The standard InChI is InChI=1S/C16H34N2O2.C2H6/c1-8-17-12-15(4,5)11-16(6,7)14(19)18-9-10-20-13(2)3;1-2/h13,17H,8-12H2,1-7H3,(H,18,19);1-2H3. The lowest BCUT2D eigenvalue weighted by Crippen LogP contribution is -2.43. The average Bonchev–Trinajstić information content (AvgIpc) is 2.42. The van der Waals surface area contributed by atoms with E-state index in [1.165, 1.54) is 0 Å². The summed E-state index contributed by atoms with van der Waals surface area (Å²) in [7, 11) is 0. The van der Waals surface area contributed by atoms with Gasteiger partial charge in [0.05, 0.1) is 12.7 Å². The lowest BCUT2D eigenvalue weighted by Gasteiger charge is -2.34. The Labute approximate surface area is 138 Å². The van der Waals surface area contributed by atoms with E-state index in [1.54, 1.807) is 0 Å². The van der Waals surface area contributed by atoms with Crippen LogP contribution in [-0.4, -0.2) is 38.3 Å². The van der Waals surface area contributed by atoms with Crippen LogP contribution in [0.4, 0.5) is 0 Å². The normalized spacial score (nSPS) is 11.9. The maximum atomic E-state index is 12.3. The fourth-order valence-electron chi connectivity index (χ4n) is 2.50. The Morgan fingerprint density at radius 2 is 1.68 bits per heavy atom. The third-order valence-electron chi connectivity index (χ3n) is 3.23. The first-order chi connectivity index (χ1) is 10.1. The Morgan fingerprint density at radius 3 is 2.14 bits per heavy atom. The molecule has 1 amide bonds. The smallest absolute Gasteiger partial charge is 0.225 e. The highest BCUT2D eigenvalue weighted by molar-refractivity contribution is 5.81. The maximum absolute atomic E-state index is 12.3. The summed E-state index contributed by atoms with van der Waals surface area (Å²) < 4.78 is 5.43. The van der Waals surface area contributed by atoms with E-state index in [0.29, 0.717) is 13.2 Å². The van der Waals surface area contributed by atoms with Crippen molar-refractivity contribution >= 4 is 5.91 Å². The lowest BCUT2D eigenvalue weighted by atomic mass is 9.74. The van der Waals surface area contributed by atoms with Crippen LogP contribution in [-0.2, 0) is 9.53 Å². The first kappa shape index (κ1) is 23.7. The van der Waals surface area contributed by atoms with E-state index in [1.807, 2.05) is 41.5 Å². The molecule has 0 aliphatic heterocycles. The Bertz CT molecular complexity index is 287. The molecule has 0 unspecified atom stereocenters. The van der Waals surface area contributed by atoms with E-state index in [2.05, 4.69) is 31.4 Å². The van der Waals surface area contributed by atoms with Crippen LogP contribution >= 0.6 is 0 Å². The van der Waals surface area contributed by atoms with Gasteiger partial charge in [0.2, 0.25) is 5.91 Å². The molecule has 0 bridgehead atoms. The molecule has 0 atom stereocenters. The van der Waals surface area contributed by atoms with E-state index in [4.69, 9.17) is 4.74 Å². The molecule has 0 aliphatic carbocycles. The fraction of sp³-hybridized carbons (Fsp3) is 0.944. The van der Waals surface area contributed by atoms with Gasteiger partial charge in [0.25, 0.3) is 0 Å². The van der Waals surface area contributed by atoms with Crippen LogP contribution in [0.25, 0.3) is 0 Å². The number of rotatable bonds is 10. The molecular formula is C18H40N2O2. The molecule has 134 valence electrons. The first-order valence-corrected chi connectivity index (χ1v) is 8.71. The van der Waals surface area contributed by atoms with Crippen molar-refractivity contribution in [2.75, 3.05) is 26.2 Å². The Kier molecular flexibility index (Phi) is 12.8. The zero-order chi connectivity index (χ0) is 17.8. The Hall–Kier alpha value is -0.610. The fourth-order valence-corrected chi connectivity index (χ4v) is 2.50. The maximum Gasteiger partial charge on any atom is 0.225 e. The van der Waals surface area contributed by atoms with E-state index in [-0.39, 0.29) is 22.8 Å². The van der Waals surface area contributed by atoms with E-state index in [9.17, 15) is 4.79 Å². The van der Waals surface area contributed by atoms with Crippen molar-refractivity contribution < 1.29 is 9.53 Å². The molecule has 0 fully saturated rings. The van der Waals surface area contributed by atoms with Crippen molar-refractivity contribution in [3.63, 3.8) is 0 Å². The molecule has 0 heterocycles. The molecule has 2 N–H and O–H groups in total. The summed E-state index contributed by atoms with van der Waals surface area (Å²) in [6.45, 7) is 21.6. The molecule has 0 rings (SSSR count). The number of nitrogens with one attached hydrogen (secondary N) is 2. The van der Waals surface area contributed by atoms with Gasteiger partial charge in [0.1, 0.15) is 0 Å². The number of ether oxygens (including phenoxy) is 1. The minimum absolute atomic E-state index is 0.102. The zero-order valence-corrected chi connectivity index (χ0v) is 16.4. The molecule has 4 nitrogen and oxygen atoms in total. The van der Waals surface area contributed by atoms with E-state index < -0.39 is 0 Å². The van der Waals surface area contributed by atoms with Crippen LogP contribution in [0.15, 0.2) is 0 Å². The van der Waals surface area contributed by atoms with Gasteiger partial charge in [0, 0.05) is 18.5 Å². The molecule has 0 aliphatic rings. The number of amides is 1. The molecule has 0 aromatic heterocycles. The molecule has 4 heteroatoms. The molecule has 0 saturated carbocycles. The van der Waals surface area contributed by atoms with Crippen molar-refractivity contribution in [1.29, 1.82) is 0 Å². The summed E-state index contributed by atoms with van der Waals surface area (Å²) in [6.07, 6.45) is 1.06. The molecule has 0 aromatic rings. The second kappa shape index (κ2) is 11.9. The van der Waals surface area contributed by atoms with Gasteiger partial charge in [-0.05, 0) is 32.2 Å². The largest absolute Gasteiger partial charge is 0.377 e. The minimum Gasteiger partial charge on any atom is -0.377 e. The van der Waals surface area contributed by atoms with Crippen LogP contribution < -0.4 is 10.6 Å². The third kappa shape index (κ3) is 12.0. The molecule has 0 radical (unpaired) electrons. The number of carbonyl (C=O) groups is 1. The van der Waals surface area contributed by atoms with Gasteiger partial charge in [-0.3, -0.25) is 4.79 Å². The van der Waals surface area contributed by atoms with Gasteiger partial charge in [-0.25, -0.2) is 0 Å². The summed E-state index contributed by atoms with van der Waals surface area (Å²) >= 11 is 0. The topological polar surface area (TPSA) is 50.4 Å². The van der Waals surface area contributed by atoms with Crippen LogP contribution in [0, 0.1) is 10.8 Å². The average molecular weight is 317 g/mol. The van der Waals surface area contributed by atoms with Gasteiger partial charge in [-0.2, -0.15) is 0 Å². The monoisotopic (exact) mass is 316 g/mol. The molecule has 0 saturated heterocycles. The van der Waals surface area contributed by atoms with Gasteiger partial charge in [-0.1, -0.05) is 48.5 Å². The van der Waals surface area contributed by atoms with Gasteiger partial charge < -0.3 is 15.4 Å². The van der Waals surface area contributed by atoms with Crippen molar-refractivity contribution in [2.45, 2.75) is 74.8 Å². The van der Waals surface area contributed by atoms with E-state index in [0.717, 1.165) is 19.5 Å². The van der Waals surface area contributed by atoms with Crippen molar-refractivity contribution in [3.8, 4) is 0 Å². The third-order valence-corrected chi connectivity index (χ3v) is 3.23. The van der Waals surface area contributed by atoms with Gasteiger partial charge >= 0.3 is 0 Å². The summed E-state index contributed by atoms with van der Waals surface area (Å²) in [6, 6.07) is 0. The van der Waals surface area contributed by atoms with Crippen molar-refractivity contribution in [3.05, 3.63) is 0 Å². The predicted octanol–water partition coefficient (Wildman–Crippen LogP) is 3.61. The second-order valence-electron chi connectivity index (χ2n) is 7.18.